The zero-order chi connectivity index (χ0) is 22.3. The van der Waals surface area contributed by atoms with Crippen LogP contribution in [0, 0.1) is 11.8 Å². The molecular weight excluding hydrogens is 392 g/mol. The number of hydrogen-bond donors (Lipinski definition) is 1. The molecule has 8 nitrogen and oxygen atoms in total. The van der Waals surface area contributed by atoms with Gasteiger partial charge in [-0.3, -0.25) is 14.8 Å². The van der Waals surface area contributed by atoms with Crippen molar-refractivity contribution in [2.75, 3.05) is 13.2 Å². The molecule has 0 saturated carbocycles. The summed E-state index contributed by atoms with van der Waals surface area (Å²) in [6.45, 7) is 8.86. The van der Waals surface area contributed by atoms with Gasteiger partial charge in [0.05, 0.1) is 11.8 Å². The molecule has 1 saturated heterocycles. The fraction of sp³-hybridized carbons (Fsp3) is 0.591. The lowest BCUT2D eigenvalue weighted by Gasteiger charge is -2.29. The smallest absolute Gasteiger partial charge is 0.334 e. The second-order valence-corrected chi connectivity index (χ2v) is 7.69. The molecule has 1 heterocycles. The number of esters is 3. The lowest BCUT2D eigenvalue weighted by molar-refractivity contribution is -0.234. The molecule has 0 radical (unpaired) electrons. The van der Waals surface area contributed by atoms with Gasteiger partial charge in [0.25, 0.3) is 0 Å². The fourth-order valence-electron chi connectivity index (χ4n) is 3.49. The minimum Gasteiger partial charge on any atom is -0.461 e. The standard InChI is InChI=1S/C22H30O8/c1-5-13(2)21(24)29-18-9-16(11-27-15(4)23)7-6-8-17(12-28-26)10-19-20(18)14(3)22(25)30-19/h7,10,13,18-20,26H,3,5-6,8-9,11-12H2,1-2,4H3/b16-7+,17-10+/t13-,18+,19-,20-/m1/s1. The quantitative estimate of drug-likeness (QED) is 0.166. The molecule has 2 aliphatic rings. The van der Waals surface area contributed by atoms with E-state index in [2.05, 4.69) is 11.5 Å². The Labute approximate surface area is 176 Å². The minimum atomic E-state index is -0.720. The largest absolute Gasteiger partial charge is 0.461 e. The van der Waals surface area contributed by atoms with Crippen LogP contribution in [0.15, 0.2) is 35.5 Å². The molecule has 0 aromatic heterocycles. The highest BCUT2D eigenvalue weighted by atomic mass is 17.1. The monoisotopic (exact) mass is 422 g/mol. The molecule has 0 unspecified atom stereocenters. The van der Waals surface area contributed by atoms with E-state index in [1.807, 2.05) is 13.0 Å². The van der Waals surface area contributed by atoms with Crippen LogP contribution in [-0.4, -0.2) is 48.6 Å². The molecule has 0 amide bonds. The van der Waals surface area contributed by atoms with Gasteiger partial charge in [0.2, 0.25) is 0 Å². The van der Waals surface area contributed by atoms with Gasteiger partial charge < -0.3 is 14.2 Å². The van der Waals surface area contributed by atoms with Crippen LogP contribution in [0.25, 0.3) is 0 Å². The van der Waals surface area contributed by atoms with E-state index >= 15 is 0 Å². The first-order chi connectivity index (χ1) is 14.3. The molecule has 0 spiro atoms. The van der Waals surface area contributed by atoms with Crippen LogP contribution in [0.5, 0.6) is 0 Å². The van der Waals surface area contributed by atoms with Crippen molar-refractivity contribution in [2.45, 2.75) is 58.7 Å². The normalized spacial score (nSPS) is 28.9. The second-order valence-electron chi connectivity index (χ2n) is 7.69. The summed E-state index contributed by atoms with van der Waals surface area (Å²) in [6, 6.07) is 0. The van der Waals surface area contributed by atoms with Gasteiger partial charge in [-0.1, -0.05) is 26.5 Å². The summed E-state index contributed by atoms with van der Waals surface area (Å²) >= 11 is 0. The summed E-state index contributed by atoms with van der Waals surface area (Å²) in [6.07, 6.45) is 4.26. The molecule has 2 rings (SSSR count). The molecule has 1 aliphatic carbocycles. The van der Waals surface area contributed by atoms with Crippen LogP contribution in [0.3, 0.4) is 0 Å². The highest BCUT2D eigenvalue weighted by Gasteiger charge is 2.45. The van der Waals surface area contributed by atoms with E-state index in [-0.39, 0.29) is 37.1 Å². The van der Waals surface area contributed by atoms with Crippen LogP contribution < -0.4 is 0 Å². The van der Waals surface area contributed by atoms with Crippen LogP contribution >= 0.6 is 0 Å². The molecule has 1 N–H and O–H groups in total. The molecule has 0 aromatic carbocycles. The Hall–Kier alpha value is -2.45. The molecule has 0 bridgehead atoms. The highest BCUT2D eigenvalue weighted by Crippen LogP contribution is 2.36. The molecular formula is C22H30O8. The average Bonchev–Trinajstić information content (AvgIpc) is 2.97. The molecule has 8 heteroatoms. The second kappa shape index (κ2) is 11.1. The maximum Gasteiger partial charge on any atom is 0.334 e. The van der Waals surface area contributed by atoms with Crippen molar-refractivity contribution in [1.29, 1.82) is 0 Å². The molecule has 0 aromatic rings. The van der Waals surface area contributed by atoms with Gasteiger partial charge in [0.15, 0.2) is 0 Å². The summed E-state index contributed by atoms with van der Waals surface area (Å²) in [5.41, 5.74) is 1.71. The number of carbonyl (C=O) groups is 3. The summed E-state index contributed by atoms with van der Waals surface area (Å²) in [4.78, 5) is 40.4. The molecule has 30 heavy (non-hydrogen) atoms. The van der Waals surface area contributed by atoms with E-state index in [4.69, 9.17) is 19.5 Å². The van der Waals surface area contributed by atoms with Crippen molar-refractivity contribution in [3.63, 3.8) is 0 Å². The number of hydrogen-bond acceptors (Lipinski definition) is 8. The Morgan fingerprint density at radius 1 is 1.33 bits per heavy atom. The van der Waals surface area contributed by atoms with E-state index < -0.39 is 30.1 Å². The lowest BCUT2D eigenvalue weighted by Crippen LogP contribution is -2.35. The number of allylic oxidation sites excluding steroid dienone is 1. The predicted molar refractivity (Wildman–Crippen MR) is 107 cm³/mol. The Morgan fingerprint density at radius 2 is 2.07 bits per heavy atom. The van der Waals surface area contributed by atoms with E-state index in [0.717, 1.165) is 11.1 Å². The summed E-state index contributed by atoms with van der Waals surface area (Å²) in [7, 11) is 0. The number of fused-ring (bicyclic) bond motifs is 1. The Kier molecular flexibility index (Phi) is 8.80. The van der Waals surface area contributed by atoms with Gasteiger partial charge in [-0.15, -0.1) is 0 Å². The molecule has 1 fully saturated rings. The first kappa shape index (κ1) is 23.8. The van der Waals surface area contributed by atoms with Crippen molar-refractivity contribution in [2.24, 2.45) is 11.8 Å². The molecule has 1 aliphatic heterocycles. The Bertz CT molecular complexity index is 735. The molecule has 166 valence electrons. The SMILES string of the molecule is C=C1C(=O)O[C@@H]2/C=C(/COO)CC/C=C(/COC(C)=O)C[C@H](OC(=O)[C@H](C)CC)[C@@H]12. The van der Waals surface area contributed by atoms with Crippen molar-refractivity contribution >= 4 is 17.9 Å². The Morgan fingerprint density at radius 3 is 2.70 bits per heavy atom. The third-order valence-electron chi connectivity index (χ3n) is 5.42. The molecule has 4 atom stereocenters. The Balaban J connectivity index is 2.41. The first-order valence-electron chi connectivity index (χ1n) is 10.1. The van der Waals surface area contributed by atoms with Gasteiger partial charge in [-0.25, -0.2) is 9.68 Å². The number of rotatable bonds is 7. The number of ether oxygens (including phenoxy) is 3. The maximum absolute atomic E-state index is 12.6. The average molecular weight is 422 g/mol. The summed E-state index contributed by atoms with van der Waals surface area (Å²) in [5.74, 6) is -2.25. The van der Waals surface area contributed by atoms with E-state index in [1.165, 1.54) is 6.92 Å². The van der Waals surface area contributed by atoms with Crippen molar-refractivity contribution in [3.05, 3.63) is 35.5 Å². The van der Waals surface area contributed by atoms with Crippen LogP contribution in [-0.2, 0) is 33.5 Å². The van der Waals surface area contributed by atoms with Gasteiger partial charge >= 0.3 is 17.9 Å². The lowest BCUT2D eigenvalue weighted by atomic mass is 9.85. The van der Waals surface area contributed by atoms with Gasteiger partial charge in [0, 0.05) is 18.9 Å². The van der Waals surface area contributed by atoms with Gasteiger partial charge in [-0.2, -0.15) is 0 Å². The van der Waals surface area contributed by atoms with Crippen molar-refractivity contribution in [1.82, 2.24) is 0 Å². The maximum atomic E-state index is 12.6. The van der Waals surface area contributed by atoms with Crippen molar-refractivity contribution < 1.29 is 38.7 Å². The third-order valence-corrected chi connectivity index (χ3v) is 5.42. The summed E-state index contributed by atoms with van der Waals surface area (Å²) in [5, 5.41) is 8.90. The van der Waals surface area contributed by atoms with Crippen LogP contribution in [0.4, 0.5) is 0 Å². The predicted octanol–water partition coefficient (Wildman–Crippen LogP) is 3.13. The van der Waals surface area contributed by atoms with Crippen LogP contribution in [0.1, 0.15) is 46.5 Å². The zero-order valence-corrected chi connectivity index (χ0v) is 17.7. The topological polar surface area (TPSA) is 108 Å². The zero-order valence-electron chi connectivity index (χ0n) is 17.7. The van der Waals surface area contributed by atoms with Crippen molar-refractivity contribution in [3.8, 4) is 0 Å². The first-order valence-corrected chi connectivity index (χ1v) is 10.1. The van der Waals surface area contributed by atoms with E-state index in [9.17, 15) is 14.4 Å². The van der Waals surface area contributed by atoms with Gasteiger partial charge in [-0.05, 0) is 36.5 Å². The van der Waals surface area contributed by atoms with E-state index in [1.54, 1.807) is 13.0 Å². The van der Waals surface area contributed by atoms with Gasteiger partial charge in [0.1, 0.15) is 25.4 Å². The van der Waals surface area contributed by atoms with Crippen LogP contribution in [0.2, 0.25) is 0 Å². The number of carbonyl (C=O) groups excluding carboxylic acids is 3. The summed E-state index contributed by atoms with van der Waals surface area (Å²) < 4.78 is 16.4. The third kappa shape index (κ3) is 6.27. The fourth-order valence-corrected chi connectivity index (χ4v) is 3.49. The minimum absolute atomic E-state index is 0.0440. The van der Waals surface area contributed by atoms with E-state index in [0.29, 0.717) is 19.3 Å². The highest BCUT2D eigenvalue weighted by molar-refractivity contribution is 5.91.